The maximum atomic E-state index is 16.3. The summed E-state index contributed by atoms with van der Waals surface area (Å²) in [5, 5.41) is 4.99. The first-order valence-corrected chi connectivity index (χ1v) is 23.1. The summed E-state index contributed by atoms with van der Waals surface area (Å²) >= 11 is 2.36. The van der Waals surface area contributed by atoms with E-state index in [9.17, 15) is 36.4 Å². The van der Waals surface area contributed by atoms with E-state index in [1.54, 1.807) is 26.8 Å². The highest BCUT2D eigenvalue weighted by Gasteiger charge is 2.67. The molecule has 8 atom stereocenters. The molecule has 1 aliphatic heterocycles. The number of nitrogens with one attached hydrogen (secondary N) is 3. The monoisotopic (exact) mass is 980 g/mol. The molecule has 1 saturated heterocycles. The topological polar surface area (TPSA) is 186 Å². The van der Waals surface area contributed by atoms with Crippen LogP contribution in [0.1, 0.15) is 98.1 Å². The second kappa shape index (κ2) is 17.3. The largest absolute Gasteiger partial charge is 0.497 e. The zero-order chi connectivity index (χ0) is 44.1. The number of methoxy groups -OCH3 is 1. The third-order valence-corrected chi connectivity index (χ3v) is 16.1. The number of aromatic nitrogens is 2. The maximum Gasteiger partial charge on any atom is 0.295 e. The molecule has 60 heavy (non-hydrogen) atoms. The van der Waals surface area contributed by atoms with E-state index < -0.39 is 123 Å². The second-order valence-electron chi connectivity index (χ2n) is 17.3. The van der Waals surface area contributed by atoms with Gasteiger partial charge in [0, 0.05) is 29.3 Å². The Morgan fingerprint density at radius 2 is 1.78 bits per heavy atom. The van der Waals surface area contributed by atoms with Gasteiger partial charge in [0.15, 0.2) is 5.69 Å². The number of unbranched alkanes of at least 4 members (excludes halogenated alkanes) is 1. The number of alkyl halides is 5. The van der Waals surface area contributed by atoms with Gasteiger partial charge in [0.1, 0.15) is 29.5 Å². The van der Waals surface area contributed by atoms with Gasteiger partial charge in [-0.2, -0.15) is 8.78 Å². The summed E-state index contributed by atoms with van der Waals surface area (Å²) in [7, 11) is -2.87. The first-order valence-electron chi connectivity index (χ1n) is 20.4. The van der Waals surface area contributed by atoms with Crippen molar-refractivity contribution in [1.82, 2.24) is 30.2 Å². The molecule has 6 rings (SSSR count). The minimum atomic E-state index is -4.30. The van der Waals surface area contributed by atoms with Crippen molar-refractivity contribution in [3.05, 3.63) is 23.9 Å². The van der Waals surface area contributed by atoms with Gasteiger partial charge in [-0.1, -0.05) is 49.8 Å². The fraction of sp³-hybridized carbons (Fsp3) is 0.700. The van der Waals surface area contributed by atoms with E-state index in [-0.39, 0.29) is 36.7 Å². The molecule has 3 N–H and O–H groups in total. The second-order valence-corrected chi connectivity index (χ2v) is 21.1. The Hall–Kier alpha value is -3.56. The number of carbonyl (C=O) groups is 4. The summed E-state index contributed by atoms with van der Waals surface area (Å²) in [4.78, 5) is 64.8. The predicted molar refractivity (Wildman–Crippen MR) is 220 cm³/mol. The van der Waals surface area contributed by atoms with Crippen LogP contribution in [0.15, 0.2) is 18.2 Å². The number of carbonyl (C=O) groups excluding carboxylic acids is 4. The average molecular weight is 981 g/mol. The number of rotatable bonds is 19. The van der Waals surface area contributed by atoms with E-state index in [0.717, 1.165) is 17.7 Å². The van der Waals surface area contributed by atoms with Crippen LogP contribution < -0.4 is 24.8 Å². The molecule has 0 unspecified atom stereocenters. The molecule has 1 aromatic carbocycles. The number of ether oxygens (including phenoxy) is 2. The Labute approximate surface area is 360 Å². The first kappa shape index (κ1) is 46.0. The van der Waals surface area contributed by atoms with Gasteiger partial charge in [0.25, 0.3) is 11.8 Å². The van der Waals surface area contributed by atoms with Gasteiger partial charge in [-0.3, -0.25) is 23.9 Å². The summed E-state index contributed by atoms with van der Waals surface area (Å²) < 4.78 is 100. The van der Waals surface area contributed by atoms with Crippen LogP contribution in [0.2, 0.25) is 0 Å². The lowest BCUT2D eigenvalue weighted by molar-refractivity contribution is -0.144. The SMILES string of the molecule is CC[C@@H]1[C@@H](Oc2nc3cc(OC)ccc3nc2C(F)(F)CCCC[C@@H]2C[C@H]2I)CN(C(=O)[C@@H](NC(C)=O)C(C)C)[C@@H]1C(=O)N[C@]1(C(=O)NS(=O)(=O)C2(C)CC2)C[C@H]1C(F)F. The number of hydrogen-bond donors (Lipinski definition) is 3. The lowest BCUT2D eigenvalue weighted by Crippen LogP contribution is -2.60. The number of hydrogen-bond acceptors (Lipinski definition) is 10. The zero-order valence-corrected chi connectivity index (χ0v) is 37.4. The Balaban J connectivity index is 1.36. The molecule has 4 amide bonds. The third-order valence-electron chi connectivity index (χ3n) is 12.4. The first-order chi connectivity index (χ1) is 28.1. The van der Waals surface area contributed by atoms with Crippen molar-refractivity contribution in [3.8, 4) is 11.6 Å². The van der Waals surface area contributed by atoms with Gasteiger partial charge in [0.2, 0.25) is 40.1 Å². The lowest BCUT2D eigenvalue weighted by atomic mass is 9.93. The quantitative estimate of drug-likeness (QED) is 0.0713. The number of sulfonamides is 1. The van der Waals surface area contributed by atoms with Crippen LogP contribution in [0.5, 0.6) is 11.6 Å². The number of amides is 4. The van der Waals surface area contributed by atoms with Crippen molar-refractivity contribution >= 4 is 67.3 Å². The standard InChI is InChI=1S/C40H53F4IN6O8S/c1-7-24-29(59-35-32(40(43,44)13-9-8-10-22-16-26(22)45)47-27-12-11-23(58-6)17-28(27)48-35)19-51(36(54)30(20(2)3)46-21(4)52)31(24)34(53)49-39(18-25(39)33(41)42)37(55)50-60(56,57)38(5)14-15-38/h11-12,17,20,22,24-26,29-31,33H,7-10,13-16,18-19H2,1-6H3,(H,46,52)(H,49,53)(H,50,55)/t22-,24-,25+,26-,29+,30+,31+,39-/m1/s1. The number of nitrogens with zero attached hydrogens (tertiary/aromatic N) is 3. The van der Waals surface area contributed by atoms with Crippen LogP contribution in [0.25, 0.3) is 11.0 Å². The molecular formula is C40H53F4IN6O8S. The number of likely N-dealkylation sites (tertiary alicyclic amines) is 1. The minimum absolute atomic E-state index is 0.0722. The Morgan fingerprint density at radius 1 is 1.10 bits per heavy atom. The number of fused-ring (bicyclic) bond motifs is 1. The van der Waals surface area contributed by atoms with Gasteiger partial charge in [-0.25, -0.2) is 27.2 Å². The molecule has 332 valence electrons. The molecular weight excluding hydrogens is 927 g/mol. The molecule has 0 radical (unpaired) electrons. The highest BCUT2D eigenvalue weighted by atomic mass is 127. The molecule has 3 saturated carbocycles. The van der Waals surface area contributed by atoms with Gasteiger partial charge in [-0.05, 0) is 75.8 Å². The smallest absolute Gasteiger partial charge is 0.295 e. The normalized spacial score (nSPS) is 27.4. The number of benzene rings is 1. The minimum Gasteiger partial charge on any atom is -0.497 e. The Kier molecular flexibility index (Phi) is 13.3. The summed E-state index contributed by atoms with van der Waals surface area (Å²) in [5.41, 5.74) is -2.76. The number of halogens is 5. The Morgan fingerprint density at radius 3 is 2.33 bits per heavy atom. The zero-order valence-electron chi connectivity index (χ0n) is 34.4. The molecule has 0 spiro atoms. The van der Waals surface area contributed by atoms with Gasteiger partial charge in [0.05, 0.1) is 35.4 Å². The molecule has 4 aliphatic rings. The molecule has 2 aromatic rings. The van der Waals surface area contributed by atoms with Crippen LogP contribution in [-0.2, 0) is 35.1 Å². The van der Waals surface area contributed by atoms with Gasteiger partial charge < -0.3 is 25.0 Å². The molecule has 1 aromatic heterocycles. The van der Waals surface area contributed by atoms with Crippen molar-refractivity contribution in [2.24, 2.45) is 23.7 Å². The molecule has 2 heterocycles. The van der Waals surface area contributed by atoms with E-state index in [0.29, 0.717) is 22.0 Å². The summed E-state index contributed by atoms with van der Waals surface area (Å²) in [6.07, 6.45) is -2.21. The van der Waals surface area contributed by atoms with E-state index in [1.165, 1.54) is 33.1 Å². The maximum absolute atomic E-state index is 16.3. The lowest BCUT2D eigenvalue weighted by Gasteiger charge is -2.32. The van der Waals surface area contributed by atoms with E-state index >= 15 is 8.78 Å². The van der Waals surface area contributed by atoms with Crippen LogP contribution >= 0.6 is 22.6 Å². The summed E-state index contributed by atoms with van der Waals surface area (Å²) in [6.45, 7) is 7.18. The fourth-order valence-electron chi connectivity index (χ4n) is 8.08. The van der Waals surface area contributed by atoms with Crippen LogP contribution in [0, 0.1) is 23.7 Å². The van der Waals surface area contributed by atoms with Crippen molar-refractivity contribution in [3.63, 3.8) is 0 Å². The van der Waals surface area contributed by atoms with Gasteiger partial charge >= 0.3 is 0 Å². The Bertz CT molecular complexity index is 2110. The molecule has 20 heteroatoms. The molecule has 4 fully saturated rings. The molecule has 14 nitrogen and oxygen atoms in total. The van der Waals surface area contributed by atoms with Crippen molar-refractivity contribution in [1.29, 1.82) is 0 Å². The summed E-state index contributed by atoms with van der Waals surface area (Å²) in [6, 6.07) is 1.81. The van der Waals surface area contributed by atoms with Crippen molar-refractivity contribution < 1.29 is 54.6 Å². The third kappa shape index (κ3) is 9.42. The fourth-order valence-corrected chi connectivity index (χ4v) is 10.4. The van der Waals surface area contributed by atoms with Gasteiger partial charge in [-0.15, -0.1) is 0 Å². The highest BCUT2D eigenvalue weighted by molar-refractivity contribution is 14.1. The van der Waals surface area contributed by atoms with Crippen molar-refractivity contribution in [2.45, 2.75) is 137 Å². The van der Waals surface area contributed by atoms with E-state index in [1.807, 2.05) is 4.72 Å². The van der Waals surface area contributed by atoms with Crippen LogP contribution in [-0.4, -0.2) is 99.4 Å². The van der Waals surface area contributed by atoms with E-state index in [2.05, 4.69) is 43.2 Å². The molecule has 0 bridgehead atoms. The molecule has 3 aliphatic carbocycles. The average Bonchev–Trinajstić information content (AvgIpc) is 4.14. The van der Waals surface area contributed by atoms with E-state index in [4.69, 9.17) is 9.47 Å². The van der Waals surface area contributed by atoms with Crippen molar-refractivity contribution in [2.75, 3.05) is 13.7 Å². The predicted octanol–water partition coefficient (Wildman–Crippen LogP) is 5.40. The van der Waals surface area contributed by atoms with Crippen LogP contribution in [0.4, 0.5) is 17.6 Å². The van der Waals surface area contributed by atoms with Crippen LogP contribution in [0.3, 0.4) is 0 Å². The highest BCUT2D eigenvalue weighted by Crippen LogP contribution is 2.50. The summed E-state index contributed by atoms with van der Waals surface area (Å²) in [5.74, 6) is -10.1.